The van der Waals surface area contributed by atoms with Crippen LogP contribution in [0.25, 0.3) is 0 Å². The molecule has 6 saturated heterocycles. The van der Waals surface area contributed by atoms with Crippen LogP contribution in [0.4, 0.5) is 0 Å². The van der Waals surface area contributed by atoms with E-state index in [1.165, 1.54) is 51.6 Å². The first-order valence-corrected chi connectivity index (χ1v) is 33.2. The molecule has 16 nitrogen and oxygen atoms in total. The van der Waals surface area contributed by atoms with Crippen LogP contribution in [-0.4, -0.2) is 181 Å². The number of carbonyl (C=O) groups is 5. The molecule has 0 aliphatic carbocycles. The predicted octanol–water partition coefficient (Wildman–Crippen LogP) is 13.2. The van der Waals surface area contributed by atoms with Crippen LogP contribution in [0.15, 0.2) is 0 Å². The van der Waals surface area contributed by atoms with Crippen molar-refractivity contribution in [2.24, 2.45) is 16.2 Å². The monoisotopic (exact) mass is 1210 g/mol. The number of nitrogens with one attached hydrogen (secondary N) is 1. The lowest BCUT2D eigenvalue weighted by molar-refractivity contribution is -0.144. The zero-order chi connectivity index (χ0) is 64.6. The van der Waals surface area contributed by atoms with Crippen molar-refractivity contribution in [3.8, 4) is 0 Å². The molecule has 1 unspecified atom stereocenters. The fourth-order valence-electron chi connectivity index (χ4n) is 8.10. The number of nitrogens with zero attached hydrogens (tertiary/aromatic N) is 5. The highest BCUT2D eigenvalue weighted by molar-refractivity contribution is 7.90. The fraction of sp³-hybridized carbons (Fsp3) is 0.924. The highest BCUT2D eigenvalue weighted by atomic mass is 32.2. The van der Waals surface area contributed by atoms with Crippen molar-refractivity contribution in [3.05, 3.63) is 0 Å². The molecule has 0 bridgehead atoms. The second-order valence-corrected chi connectivity index (χ2v) is 31.4. The maximum Gasteiger partial charge on any atom is 0.239 e. The number of likely N-dealkylation sites (tertiary alicyclic amines) is 3. The molecule has 1 N–H and O–H groups in total. The number of amides is 4. The van der Waals surface area contributed by atoms with E-state index >= 15 is 0 Å². The number of rotatable bonds is 7. The molecular weight excluding hydrogens is 1070 g/mol. The third-order valence-electron chi connectivity index (χ3n) is 13.2. The summed E-state index contributed by atoms with van der Waals surface area (Å²) in [6, 6.07) is 0. The van der Waals surface area contributed by atoms with Crippen LogP contribution >= 0.6 is 0 Å². The zero-order valence-corrected chi connectivity index (χ0v) is 59.0. The Morgan fingerprint density at radius 3 is 1.23 bits per heavy atom. The molecule has 0 radical (unpaired) electrons. The van der Waals surface area contributed by atoms with Gasteiger partial charge in [-0.3, -0.25) is 28.9 Å². The van der Waals surface area contributed by atoms with Gasteiger partial charge in [-0.05, 0) is 160 Å². The molecular formula is C66H136N6O10S. The van der Waals surface area contributed by atoms with E-state index in [0.29, 0.717) is 56.1 Å². The van der Waals surface area contributed by atoms with Crippen molar-refractivity contribution in [2.45, 2.75) is 292 Å². The van der Waals surface area contributed by atoms with E-state index in [0.717, 1.165) is 71.5 Å². The number of Topliss-reactive ketones (excluding diaryl/α,β-unsaturated/α-hetero) is 1. The van der Waals surface area contributed by atoms with Gasteiger partial charge in [-0.15, -0.1) is 0 Å². The number of sulfonamides is 1. The maximum atomic E-state index is 11.9. The first-order valence-electron chi connectivity index (χ1n) is 31.7. The highest BCUT2D eigenvalue weighted by Crippen LogP contribution is 2.25. The normalized spacial score (nSPS) is 18.7. The molecule has 6 heterocycles. The van der Waals surface area contributed by atoms with E-state index in [2.05, 4.69) is 51.8 Å². The minimum atomic E-state index is -3.07. The molecule has 0 aromatic carbocycles. The van der Waals surface area contributed by atoms with Crippen LogP contribution in [0.1, 0.15) is 264 Å². The molecule has 6 aliphatic heterocycles. The van der Waals surface area contributed by atoms with Crippen LogP contribution in [0.3, 0.4) is 0 Å². The van der Waals surface area contributed by atoms with Crippen molar-refractivity contribution in [1.82, 2.24) is 29.2 Å². The summed E-state index contributed by atoms with van der Waals surface area (Å²) in [5, 5.41) is 2.69. The van der Waals surface area contributed by atoms with Gasteiger partial charge < -0.3 is 34.2 Å². The Kier molecular flexibility index (Phi) is 43.3. The van der Waals surface area contributed by atoms with Crippen LogP contribution in [0, 0.1) is 16.2 Å². The quantitative estimate of drug-likeness (QED) is 0.257. The number of hydrogen-bond donors (Lipinski definition) is 1. The Hall–Kier alpha value is -2.70. The molecule has 4 amide bonds. The van der Waals surface area contributed by atoms with Gasteiger partial charge in [0.15, 0.2) is 5.78 Å². The first-order chi connectivity index (χ1) is 37.4. The Morgan fingerprint density at radius 2 is 0.940 bits per heavy atom. The summed E-state index contributed by atoms with van der Waals surface area (Å²) in [7, 11) is -3.07. The van der Waals surface area contributed by atoms with E-state index in [1.54, 1.807) is 30.0 Å². The van der Waals surface area contributed by atoms with E-state index in [9.17, 15) is 32.4 Å². The van der Waals surface area contributed by atoms with Gasteiger partial charge in [0.05, 0.1) is 35.2 Å². The summed E-state index contributed by atoms with van der Waals surface area (Å²) in [5.74, 6) is 0.773. The zero-order valence-electron chi connectivity index (χ0n) is 58.2. The van der Waals surface area contributed by atoms with E-state index < -0.39 is 20.2 Å². The first kappa shape index (κ1) is 86.7. The van der Waals surface area contributed by atoms with Crippen LogP contribution < -0.4 is 5.32 Å². The fourth-order valence-corrected chi connectivity index (χ4v) is 9.61. The maximum absolute atomic E-state index is 11.9. The van der Waals surface area contributed by atoms with Crippen LogP contribution in [0.2, 0.25) is 0 Å². The number of ketones is 1. The second-order valence-electron chi connectivity index (χ2n) is 28.7. The highest BCUT2D eigenvalue weighted by Gasteiger charge is 2.36. The van der Waals surface area contributed by atoms with Gasteiger partial charge in [0.2, 0.25) is 33.7 Å². The van der Waals surface area contributed by atoms with Crippen molar-refractivity contribution >= 4 is 39.4 Å². The van der Waals surface area contributed by atoms with E-state index in [1.807, 2.05) is 128 Å². The minimum absolute atomic E-state index is 0. The number of piperazine rings is 1. The lowest BCUT2D eigenvalue weighted by Gasteiger charge is -2.42. The lowest BCUT2D eigenvalue weighted by Crippen LogP contribution is -2.52. The summed E-state index contributed by atoms with van der Waals surface area (Å²) in [6.45, 7) is 62.8. The van der Waals surface area contributed by atoms with Crippen LogP contribution in [-0.2, 0) is 48.2 Å². The van der Waals surface area contributed by atoms with Gasteiger partial charge in [-0.1, -0.05) is 111 Å². The van der Waals surface area contributed by atoms with Crippen molar-refractivity contribution < 1.29 is 46.6 Å². The molecule has 1 atom stereocenters. The van der Waals surface area contributed by atoms with Crippen molar-refractivity contribution in [3.63, 3.8) is 0 Å². The second kappa shape index (κ2) is 41.5. The molecule has 0 spiro atoms. The Bertz CT molecular complexity index is 1850. The van der Waals surface area contributed by atoms with Gasteiger partial charge in [0, 0.05) is 87.2 Å². The molecule has 6 fully saturated rings. The van der Waals surface area contributed by atoms with Gasteiger partial charge in [0.1, 0.15) is 6.61 Å². The Labute approximate surface area is 513 Å². The molecule has 83 heavy (non-hydrogen) atoms. The van der Waals surface area contributed by atoms with Gasteiger partial charge in [0.25, 0.3) is 0 Å². The minimum Gasteiger partial charge on any atom is -0.376 e. The van der Waals surface area contributed by atoms with Gasteiger partial charge >= 0.3 is 0 Å². The van der Waals surface area contributed by atoms with Crippen LogP contribution in [0.5, 0.6) is 0 Å². The standard InChI is InChI=1S/C10H19NO.C9H16N2O2.C9H19NO2S.2C9H18O2.C8H15NO.C7H15N.2C2H6.CH4/c1-10(2,3)9(12)11-7-5-4-6-8-11;1-9(2,3)8(13)11-5-4-10-7(12)6-11;1-9(2,3)13(11,12)10-7-5-4-6-8-10;1-9(2,3)11-7-8-5-4-6-10-8;1-5-6-8(10)7-11-9(2,3)4;1-8(2,3)7(10)9-5-4-6-9;1-7(2,3)8-5-4-6-8;2*1-2;/h4-8H2,1-3H3;4-6H2,1-3H3,(H,10,12);4-8H2,1-3H3;8H,4-7H2,1-3H3;5-7H2,1-4H3;4-6H2,1-3H3;4-6H2,1-3H3;2*1-2H3;1H4. The molecule has 6 aliphatic rings. The van der Waals surface area contributed by atoms with E-state index in [4.69, 9.17) is 14.2 Å². The Balaban J connectivity index is -0.000000435. The summed E-state index contributed by atoms with van der Waals surface area (Å²) >= 11 is 0. The summed E-state index contributed by atoms with van der Waals surface area (Å²) < 4.78 is 41.2. The Morgan fingerprint density at radius 1 is 0.542 bits per heavy atom. The number of carbonyl (C=O) groups excluding carboxylic acids is 5. The average molecular weight is 1210 g/mol. The molecule has 496 valence electrons. The smallest absolute Gasteiger partial charge is 0.239 e. The predicted molar refractivity (Wildman–Crippen MR) is 349 cm³/mol. The molecule has 0 aromatic rings. The number of ether oxygens (including phenoxy) is 3. The molecule has 17 heteroatoms. The average Bonchev–Trinajstić information content (AvgIpc) is 3.87. The molecule has 6 rings (SSSR count). The lowest BCUT2D eigenvalue weighted by atomic mass is 9.93. The third kappa shape index (κ3) is 40.4. The largest absolute Gasteiger partial charge is 0.376 e. The van der Waals surface area contributed by atoms with Crippen molar-refractivity contribution in [1.29, 1.82) is 0 Å². The topological polar surface area (TPSA) is 175 Å². The van der Waals surface area contributed by atoms with Gasteiger partial charge in [-0.2, -0.15) is 0 Å². The van der Waals surface area contributed by atoms with E-state index in [-0.39, 0.29) is 60.2 Å². The molecule has 0 saturated carbocycles. The molecule has 0 aromatic heterocycles. The number of hydrogen-bond acceptors (Lipinski definition) is 11. The summed E-state index contributed by atoms with van der Waals surface area (Å²) in [4.78, 5) is 64.8. The summed E-state index contributed by atoms with van der Waals surface area (Å²) in [6.07, 6.45) is 13.7. The SMILES string of the molecule is C.CC.CC.CC(C)(C)C(=O)N1CCC1.CC(C)(C)C(=O)N1CCCCC1.CC(C)(C)C(=O)N1CCNC(=O)C1.CC(C)(C)N1CCC1.CC(C)(C)OCC1CCCO1.CC(C)(C)S(=O)(=O)N1CCCCC1.CCCC(=O)COC(C)(C)C. The number of piperidine rings is 2. The summed E-state index contributed by atoms with van der Waals surface area (Å²) in [5.41, 5.74) is -0.553. The third-order valence-corrected chi connectivity index (χ3v) is 15.8. The van der Waals surface area contributed by atoms with Gasteiger partial charge in [-0.25, -0.2) is 12.7 Å². The van der Waals surface area contributed by atoms with Crippen molar-refractivity contribution in [2.75, 3.05) is 91.8 Å².